The van der Waals surface area contributed by atoms with Gasteiger partial charge in [-0.2, -0.15) is 5.26 Å². The summed E-state index contributed by atoms with van der Waals surface area (Å²) in [5.74, 6) is -0.503. The number of rotatable bonds is 4. The van der Waals surface area contributed by atoms with Crippen LogP contribution in [0.2, 0.25) is 0 Å². The summed E-state index contributed by atoms with van der Waals surface area (Å²) in [6.07, 6.45) is -2.56. The summed E-state index contributed by atoms with van der Waals surface area (Å²) < 4.78 is 4.62. The monoisotopic (exact) mass is 249 g/mol. The first-order valence-electron chi connectivity index (χ1n) is 5.43. The van der Waals surface area contributed by atoms with Crippen LogP contribution in [0.15, 0.2) is 18.2 Å². The van der Waals surface area contributed by atoms with Crippen molar-refractivity contribution in [2.45, 2.75) is 25.6 Å². The van der Waals surface area contributed by atoms with Gasteiger partial charge in [0.25, 0.3) is 0 Å². The predicted molar refractivity (Wildman–Crippen MR) is 63.7 cm³/mol. The molecule has 0 aliphatic carbocycles. The number of carbonyl (C=O) groups excluding carboxylic acids is 1. The second-order valence-electron chi connectivity index (χ2n) is 3.89. The summed E-state index contributed by atoms with van der Waals surface area (Å²) >= 11 is 0. The second kappa shape index (κ2) is 6.15. The van der Waals surface area contributed by atoms with Crippen molar-refractivity contribution in [2.75, 3.05) is 7.11 Å². The third-order valence-corrected chi connectivity index (χ3v) is 2.76. The number of methoxy groups -OCH3 is 1. The van der Waals surface area contributed by atoms with E-state index in [1.807, 2.05) is 0 Å². The molecule has 0 heterocycles. The maximum Gasteiger partial charge on any atom is 0.338 e. The van der Waals surface area contributed by atoms with Crippen LogP contribution >= 0.6 is 0 Å². The van der Waals surface area contributed by atoms with E-state index in [-0.39, 0.29) is 6.42 Å². The van der Waals surface area contributed by atoms with E-state index < -0.39 is 18.2 Å². The average Bonchev–Trinajstić information content (AvgIpc) is 2.37. The molecule has 2 N–H and O–H groups in total. The summed E-state index contributed by atoms with van der Waals surface area (Å²) in [5, 5.41) is 28.0. The molecule has 0 bridgehead atoms. The summed E-state index contributed by atoms with van der Waals surface area (Å²) in [7, 11) is 1.27. The Balaban J connectivity index is 3.11. The number of carbonyl (C=O) groups is 1. The van der Waals surface area contributed by atoms with Crippen LogP contribution in [0.1, 0.15) is 34.0 Å². The van der Waals surface area contributed by atoms with Gasteiger partial charge in [-0.05, 0) is 24.1 Å². The van der Waals surface area contributed by atoms with Crippen molar-refractivity contribution >= 4 is 5.97 Å². The lowest BCUT2D eigenvalue weighted by molar-refractivity contribution is 0.0211. The Hall–Kier alpha value is -1.90. The van der Waals surface area contributed by atoms with Crippen molar-refractivity contribution in [3.8, 4) is 6.07 Å². The molecule has 5 nitrogen and oxygen atoms in total. The van der Waals surface area contributed by atoms with Gasteiger partial charge < -0.3 is 14.9 Å². The predicted octanol–water partition coefficient (Wildman–Crippen LogP) is 1.09. The maximum atomic E-state index is 11.5. The number of benzene rings is 1. The van der Waals surface area contributed by atoms with Crippen molar-refractivity contribution in [3.63, 3.8) is 0 Å². The molecule has 5 heteroatoms. The highest BCUT2D eigenvalue weighted by Gasteiger charge is 2.22. The smallest absolute Gasteiger partial charge is 0.338 e. The van der Waals surface area contributed by atoms with Crippen LogP contribution < -0.4 is 0 Å². The molecular weight excluding hydrogens is 234 g/mol. The number of hydrogen-bond donors (Lipinski definition) is 2. The van der Waals surface area contributed by atoms with Gasteiger partial charge in [0, 0.05) is 0 Å². The number of hydrogen-bond acceptors (Lipinski definition) is 5. The fourth-order valence-electron chi connectivity index (χ4n) is 1.72. The van der Waals surface area contributed by atoms with E-state index in [2.05, 4.69) is 4.74 Å². The molecule has 96 valence electrons. The lowest BCUT2D eigenvalue weighted by atomic mass is 9.94. The molecule has 1 rings (SSSR count). The lowest BCUT2D eigenvalue weighted by Crippen LogP contribution is -2.19. The first kappa shape index (κ1) is 14.2. The molecule has 0 saturated heterocycles. The van der Waals surface area contributed by atoms with E-state index in [1.165, 1.54) is 7.11 Å². The quantitative estimate of drug-likeness (QED) is 0.779. The van der Waals surface area contributed by atoms with Crippen LogP contribution in [0.4, 0.5) is 0 Å². The molecule has 1 aromatic carbocycles. The molecule has 0 fully saturated rings. The Bertz CT molecular complexity index is 478. The van der Waals surface area contributed by atoms with E-state index >= 15 is 0 Å². The maximum absolute atomic E-state index is 11.5. The van der Waals surface area contributed by atoms with Crippen LogP contribution in [0.5, 0.6) is 0 Å². The zero-order valence-corrected chi connectivity index (χ0v) is 10.3. The SMILES string of the molecule is COC(=O)c1cccc(C(O)C(O)CC#N)c1C. The first-order chi connectivity index (χ1) is 8.52. The van der Waals surface area contributed by atoms with E-state index in [1.54, 1.807) is 31.2 Å². The molecule has 18 heavy (non-hydrogen) atoms. The molecule has 2 unspecified atom stereocenters. The zero-order valence-electron chi connectivity index (χ0n) is 10.3. The van der Waals surface area contributed by atoms with Crippen LogP contribution in [-0.2, 0) is 4.74 Å². The molecule has 0 amide bonds. The first-order valence-corrected chi connectivity index (χ1v) is 5.43. The Morgan fingerprint density at radius 3 is 2.72 bits per heavy atom. The fraction of sp³-hybridized carbons (Fsp3) is 0.385. The summed E-state index contributed by atoms with van der Waals surface area (Å²) in [4.78, 5) is 11.5. The van der Waals surface area contributed by atoms with Crippen molar-refractivity contribution in [3.05, 3.63) is 34.9 Å². The minimum atomic E-state index is -1.20. The van der Waals surface area contributed by atoms with Gasteiger partial charge in [0.1, 0.15) is 6.10 Å². The Morgan fingerprint density at radius 1 is 1.50 bits per heavy atom. The van der Waals surface area contributed by atoms with Crippen LogP contribution in [0, 0.1) is 18.3 Å². The molecule has 2 atom stereocenters. The molecule has 1 aromatic rings. The molecule has 0 saturated carbocycles. The molecule has 0 aliphatic rings. The second-order valence-corrected chi connectivity index (χ2v) is 3.89. The van der Waals surface area contributed by atoms with Gasteiger partial charge >= 0.3 is 5.97 Å². The van der Waals surface area contributed by atoms with Crippen molar-refractivity contribution in [2.24, 2.45) is 0 Å². The van der Waals surface area contributed by atoms with Gasteiger partial charge in [0.15, 0.2) is 0 Å². The summed E-state index contributed by atoms with van der Waals surface area (Å²) in [5.41, 5.74) is 1.28. The van der Waals surface area contributed by atoms with Gasteiger partial charge in [-0.15, -0.1) is 0 Å². The van der Waals surface area contributed by atoms with E-state index in [9.17, 15) is 15.0 Å². The number of esters is 1. The highest BCUT2D eigenvalue weighted by atomic mass is 16.5. The van der Waals surface area contributed by atoms with Crippen LogP contribution in [0.25, 0.3) is 0 Å². The third-order valence-electron chi connectivity index (χ3n) is 2.76. The fourth-order valence-corrected chi connectivity index (χ4v) is 1.72. The number of aliphatic hydroxyl groups excluding tert-OH is 2. The van der Waals surface area contributed by atoms with Crippen molar-refractivity contribution in [1.29, 1.82) is 5.26 Å². The van der Waals surface area contributed by atoms with E-state index in [4.69, 9.17) is 5.26 Å². The van der Waals surface area contributed by atoms with Gasteiger partial charge in [-0.25, -0.2) is 4.79 Å². The molecule has 0 spiro atoms. The van der Waals surface area contributed by atoms with Crippen LogP contribution in [0.3, 0.4) is 0 Å². The van der Waals surface area contributed by atoms with Crippen LogP contribution in [-0.4, -0.2) is 29.4 Å². The van der Waals surface area contributed by atoms with Gasteiger partial charge in [0.05, 0.1) is 31.3 Å². The highest BCUT2D eigenvalue weighted by Crippen LogP contribution is 2.24. The molecule has 0 aliphatic heterocycles. The molecule has 0 radical (unpaired) electrons. The largest absolute Gasteiger partial charge is 0.465 e. The highest BCUT2D eigenvalue weighted by molar-refractivity contribution is 5.91. The number of aliphatic hydroxyl groups is 2. The number of nitrogens with zero attached hydrogens (tertiary/aromatic N) is 1. The van der Waals surface area contributed by atoms with Crippen molar-refractivity contribution < 1.29 is 19.7 Å². The lowest BCUT2D eigenvalue weighted by Gasteiger charge is -2.19. The standard InChI is InChI=1S/C13H15NO4/c1-8-9(12(16)11(15)6-7-14)4-3-5-10(8)13(17)18-2/h3-5,11-12,15-16H,6H2,1-2H3. The average molecular weight is 249 g/mol. The molecular formula is C13H15NO4. The van der Waals surface area contributed by atoms with Gasteiger partial charge in [-0.3, -0.25) is 0 Å². The number of nitriles is 1. The number of ether oxygens (including phenoxy) is 1. The Morgan fingerprint density at radius 2 is 2.17 bits per heavy atom. The molecule has 0 aromatic heterocycles. The minimum absolute atomic E-state index is 0.178. The Labute approximate surface area is 105 Å². The minimum Gasteiger partial charge on any atom is -0.465 e. The summed E-state index contributed by atoms with van der Waals surface area (Å²) in [6.45, 7) is 1.66. The van der Waals surface area contributed by atoms with Gasteiger partial charge in [0.2, 0.25) is 0 Å². The Kier molecular flexibility index (Phi) is 4.84. The zero-order chi connectivity index (χ0) is 13.7. The summed E-state index contributed by atoms with van der Waals surface area (Å²) in [6, 6.07) is 6.56. The van der Waals surface area contributed by atoms with E-state index in [0.717, 1.165) is 0 Å². The van der Waals surface area contributed by atoms with Crippen molar-refractivity contribution in [1.82, 2.24) is 0 Å². The van der Waals surface area contributed by atoms with Gasteiger partial charge in [-0.1, -0.05) is 12.1 Å². The third kappa shape index (κ3) is 2.86. The topological polar surface area (TPSA) is 90.6 Å². The normalized spacial score (nSPS) is 13.5. The van der Waals surface area contributed by atoms with E-state index in [0.29, 0.717) is 16.7 Å².